The SMILES string of the molecule is CCOC(=O)C12CC1/C=C/CCCCN(NC(=O)OC(C)(C)C)C(=O)N1CC(Oc3cc(-c4ccccc4)nc4cc(OC)ccc34)CC1C(=O)N2. The van der Waals surface area contributed by atoms with E-state index in [-0.39, 0.29) is 32.0 Å². The molecule has 13 heteroatoms. The molecule has 2 fully saturated rings. The Morgan fingerprint density at radius 1 is 1.08 bits per heavy atom. The summed E-state index contributed by atoms with van der Waals surface area (Å²) < 4.78 is 23.0. The Balaban J connectivity index is 1.35. The molecule has 3 heterocycles. The molecule has 276 valence electrons. The van der Waals surface area contributed by atoms with E-state index in [2.05, 4.69) is 10.7 Å². The van der Waals surface area contributed by atoms with Gasteiger partial charge in [0.05, 0.1) is 31.5 Å². The van der Waals surface area contributed by atoms with E-state index in [4.69, 9.17) is 23.9 Å². The summed E-state index contributed by atoms with van der Waals surface area (Å²) in [6.07, 6.45) is 5.02. The number of aromatic nitrogens is 1. The fraction of sp³-hybridized carbons (Fsp3) is 0.462. The molecule has 0 radical (unpaired) electrons. The number of methoxy groups -OCH3 is 1. The number of hydrogen-bond acceptors (Lipinski definition) is 9. The third-order valence-corrected chi connectivity index (χ3v) is 9.38. The van der Waals surface area contributed by atoms with Gasteiger partial charge < -0.3 is 29.2 Å². The van der Waals surface area contributed by atoms with Gasteiger partial charge in [-0.2, -0.15) is 0 Å². The molecule has 1 aliphatic carbocycles. The Morgan fingerprint density at radius 2 is 1.87 bits per heavy atom. The topological polar surface area (TPSA) is 149 Å². The van der Waals surface area contributed by atoms with E-state index in [1.807, 2.05) is 66.7 Å². The summed E-state index contributed by atoms with van der Waals surface area (Å²) in [5.41, 5.74) is 2.81. The van der Waals surface area contributed by atoms with Crippen LogP contribution in [0.5, 0.6) is 11.5 Å². The molecule has 4 unspecified atom stereocenters. The first kappa shape index (κ1) is 36.5. The molecule has 4 atom stereocenters. The highest BCUT2D eigenvalue weighted by Gasteiger charge is 2.62. The molecule has 6 rings (SSSR count). The Labute approximate surface area is 303 Å². The predicted molar refractivity (Wildman–Crippen MR) is 193 cm³/mol. The molecule has 3 aliphatic rings. The number of esters is 1. The second-order valence-electron chi connectivity index (χ2n) is 14.4. The van der Waals surface area contributed by atoms with Gasteiger partial charge in [0.25, 0.3) is 0 Å². The van der Waals surface area contributed by atoms with Crippen LogP contribution in [0.1, 0.15) is 59.8 Å². The minimum Gasteiger partial charge on any atom is -0.497 e. The molecule has 4 amide bonds. The normalized spacial score (nSPS) is 24.1. The lowest BCUT2D eigenvalue weighted by atomic mass is 10.1. The monoisotopic (exact) mass is 713 g/mol. The molecule has 1 saturated heterocycles. The van der Waals surface area contributed by atoms with Crippen molar-refractivity contribution in [3.63, 3.8) is 0 Å². The number of ether oxygens (including phenoxy) is 4. The van der Waals surface area contributed by atoms with Gasteiger partial charge in [0.1, 0.15) is 34.8 Å². The number of hydrogen-bond donors (Lipinski definition) is 2. The number of pyridine rings is 1. The van der Waals surface area contributed by atoms with Crippen molar-refractivity contribution >= 4 is 34.9 Å². The molecule has 2 aromatic carbocycles. The van der Waals surface area contributed by atoms with E-state index in [1.54, 1.807) is 34.8 Å². The molecule has 13 nitrogen and oxygen atoms in total. The summed E-state index contributed by atoms with van der Waals surface area (Å²) in [7, 11) is 1.59. The first-order chi connectivity index (χ1) is 24.9. The maximum Gasteiger partial charge on any atom is 0.426 e. The van der Waals surface area contributed by atoms with Crippen molar-refractivity contribution in [3.05, 3.63) is 66.7 Å². The van der Waals surface area contributed by atoms with Gasteiger partial charge in [-0.3, -0.25) is 4.79 Å². The van der Waals surface area contributed by atoms with Crippen LogP contribution < -0.4 is 20.2 Å². The third kappa shape index (κ3) is 8.08. The van der Waals surface area contributed by atoms with E-state index in [1.165, 1.54) is 9.91 Å². The fourth-order valence-corrected chi connectivity index (χ4v) is 6.75. The van der Waals surface area contributed by atoms with Gasteiger partial charge in [0.2, 0.25) is 5.91 Å². The van der Waals surface area contributed by atoms with Crippen molar-refractivity contribution in [2.75, 3.05) is 26.8 Å². The van der Waals surface area contributed by atoms with Gasteiger partial charge in [-0.25, -0.2) is 29.8 Å². The standard InChI is InChI=1S/C39H47N5O8/c1-6-50-35(46)39-23-26(39)16-12-7-8-13-19-44(42-36(47)52-38(2,3)4)37(48)43-24-28(21-32(43)34(45)41-39)51-33-22-30(25-14-10-9-11-15-25)40-31-20-27(49-5)17-18-29(31)33/h9-12,14-18,20,22,26,28,32H,6-8,13,19,21,23-24H2,1-5H3,(H,41,45)(H,42,47)/b16-12+. The van der Waals surface area contributed by atoms with Crippen molar-refractivity contribution in [1.82, 2.24) is 25.6 Å². The number of rotatable bonds is 7. The summed E-state index contributed by atoms with van der Waals surface area (Å²) >= 11 is 0. The van der Waals surface area contributed by atoms with Crippen LogP contribution in [0.3, 0.4) is 0 Å². The molecule has 2 N–H and O–H groups in total. The zero-order valence-electron chi connectivity index (χ0n) is 30.3. The molecular formula is C39H47N5O8. The zero-order valence-corrected chi connectivity index (χ0v) is 30.3. The maximum absolute atomic E-state index is 14.4. The van der Waals surface area contributed by atoms with Crippen LogP contribution in [0.25, 0.3) is 22.2 Å². The smallest absolute Gasteiger partial charge is 0.426 e. The van der Waals surface area contributed by atoms with Crippen molar-refractivity contribution < 1.29 is 38.1 Å². The predicted octanol–water partition coefficient (Wildman–Crippen LogP) is 5.77. The molecule has 0 bridgehead atoms. The Hall–Kier alpha value is -5.33. The van der Waals surface area contributed by atoms with Crippen LogP contribution in [0, 0.1) is 5.92 Å². The number of fused-ring (bicyclic) bond motifs is 3. The summed E-state index contributed by atoms with van der Waals surface area (Å²) in [6.45, 7) is 7.31. The number of nitrogens with zero attached hydrogens (tertiary/aromatic N) is 3. The number of nitrogens with one attached hydrogen (secondary N) is 2. The number of carbonyl (C=O) groups excluding carboxylic acids is 4. The summed E-state index contributed by atoms with van der Waals surface area (Å²) in [5.74, 6) is -0.0788. The Bertz CT molecular complexity index is 1840. The van der Waals surface area contributed by atoms with Gasteiger partial charge in [0.15, 0.2) is 0 Å². The molecule has 1 saturated carbocycles. The number of amides is 4. The second-order valence-corrected chi connectivity index (χ2v) is 14.4. The van der Waals surface area contributed by atoms with Gasteiger partial charge >= 0.3 is 18.1 Å². The largest absolute Gasteiger partial charge is 0.497 e. The van der Waals surface area contributed by atoms with Crippen molar-refractivity contribution in [2.45, 2.75) is 83.1 Å². The highest BCUT2D eigenvalue weighted by Crippen LogP contribution is 2.46. The van der Waals surface area contributed by atoms with E-state index in [0.717, 1.165) is 17.4 Å². The van der Waals surface area contributed by atoms with E-state index in [9.17, 15) is 19.2 Å². The van der Waals surface area contributed by atoms with Crippen LogP contribution >= 0.6 is 0 Å². The average Bonchev–Trinajstić information content (AvgIpc) is 3.64. The van der Waals surface area contributed by atoms with Crippen LogP contribution in [0.15, 0.2) is 66.7 Å². The lowest BCUT2D eigenvalue weighted by molar-refractivity contribution is -0.149. The van der Waals surface area contributed by atoms with E-state index in [0.29, 0.717) is 42.0 Å². The van der Waals surface area contributed by atoms with E-state index >= 15 is 0 Å². The van der Waals surface area contributed by atoms with Crippen molar-refractivity contribution in [2.24, 2.45) is 5.92 Å². The maximum atomic E-state index is 14.4. The quantitative estimate of drug-likeness (QED) is 0.230. The molecule has 2 aliphatic heterocycles. The highest BCUT2D eigenvalue weighted by molar-refractivity contribution is 5.95. The fourth-order valence-electron chi connectivity index (χ4n) is 6.75. The number of carbonyl (C=O) groups is 4. The van der Waals surface area contributed by atoms with Crippen LogP contribution in [0.4, 0.5) is 9.59 Å². The van der Waals surface area contributed by atoms with E-state index < -0.39 is 47.3 Å². The lowest BCUT2D eigenvalue weighted by Crippen LogP contribution is -2.58. The second kappa shape index (κ2) is 15.1. The third-order valence-electron chi connectivity index (χ3n) is 9.38. The van der Waals surface area contributed by atoms with Gasteiger partial charge in [-0.1, -0.05) is 42.5 Å². The van der Waals surface area contributed by atoms with Crippen LogP contribution in [-0.4, -0.2) is 89.0 Å². The molecule has 3 aromatic rings. The summed E-state index contributed by atoms with van der Waals surface area (Å²) in [6, 6.07) is 15.5. The minimum atomic E-state index is -1.22. The Morgan fingerprint density at radius 3 is 2.60 bits per heavy atom. The zero-order chi connectivity index (χ0) is 37.0. The summed E-state index contributed by atoms with van der Waals surface area (Å²) in [5, 5.41) is 4.90. The van der Waals surface area contributed by atoms with Gasteiger partial charge in [-0.15, -0.1) is 0 Å². The number of urea groups is 1. The van der Waals surface area contributed by atoms with Crippen molar-refractivity contribution in [3.8, 4) is 22.8 Å². The van der Waals surface area contributed by atoms with Crippen molar-refractivity contribution in [1.29, 1.82) is 0 Å². The lowest BCUT2D eigenvalue weighted by Gasteiger charge is -2.32. The molecule has 1 aromatic heterocycles. The van der Waals surface area contributed by atoms with Crippen LogP contribution in [0.2, 0.25) is 0 Å². The first-order valence-electron chi connectivity index (χ1n) is 17.9. The highest BCUT2D eigenvalue weighted by atomic mass is 16.6. The first-order valence-corrected chi connectivity index (χ1v) is 17.9. The Kier molecular flexibility index (Phi) is 10.6. The minimum absolute atomic E-state index is 0.0276. The number of allylic oxidation sites excluding steroid dienone is 1. The molecule has 0 spiro atoms. The number of hydrazine groups is 1. The van der Waals surface area contributed by atoms with Crippen LogP contribution in [-0.2, 0) is 19.1 Å². The molecular weight excluding hydrogens is 666 g/mol. The van der Waals surface area contributed by atoms with Gasteiger partial charge in [-0.05, 0) is 65.5 Å². The number of benzene rings is 2. The van der Waals surface area contributed by atoms with Gasteiger partial charge in [0, 0.05) is 42.0 Å². The summed E-state index contributed by atoms with van der Waals surface area (Å²) in [4.78, 5) is 61.1. The average molecular weight is 714 g/mol. The molecule has 52 heavy (non-hydrogen) atoms.